The van der Waals surface area contributed by atoms with E-state index in [2.05, 4.69) is 4.29 Å². The van der Waals surface area contributed by atoms with Crippen molar-refractivity contribution in [3.05, 3.63) is 0 Å². The van der Waals surface area contributed by atoms with Crippen LogP contribution in [0.4, 0.5) is 0 Å². The topological polar surface area (TPSA) is 33.0 Å². The van der Waals surface area contributed by atoms with Gasteiger partial charge < -0.3 is 0 Å². The minimum atomic E-state index is -0.443. The molecule has 40 valence electrons. The number of rotatable bonds is 2. The van der Waals surface area contributed by atoms with Crippen LogP contribution in [0.1, 0.15) is 13.3 Å². The molecule has 0 aromatic heterocycles. The van der Waals surface area contributed by atoms with Crippen molar-refractivity contribution in [2.45, 2.75) is 19.4 Å². The molecule has 0 amide bonds. The van der Waals surface area contributed by atoms with E-state index in [0.29, 0.717) is 6.42 Å². The molecule has 0 fully saturated rings. The third-order valence-corrected chi connectivity index (χ3v) is 0.837. The lowest BCUT2D eigenvalue weighted by Gasteiger charge is -1.94. The Bertz CT molecular complexity index is 74.2. The summed E-state index contributed by atoms with van der Waals surface area (Å²) >= 11 is 4.85. The standard InChI is InChI=1S/C4H6ClNO/c1-2-4(3-6)7-5/h4H,2H2,1H3. The second-order valence-electron chi connectivity index (χ2n) is 1.12. The molecule has 0 spiro atoms. The van der Waals surface area contributed by atoms with Crippen LogP contribution in [-0.2, 0) is 4.29 Å². The number of hydrogen-bond acceptors (Lipinski definition) is 2. The van der Waals surface area contributed by atoms with Gasteiger partial charge in [-0.2, -0.15) is 5.26 Å². The fraction of sp³-hybridized carbons (Fsp3) is 0.750. The van der Waals surface area contributed by atoms with Crippen molar-refractivity contribution in [1.29, 1.82) is 5.26 Å². The smallest absolute Gasteiger partial charge is 0.165 e. The largest absolute Gasteiger partial charge is 0.261 e. The monoisotopic (exact) mass is 119 g/mol. The normalized spacial score (nSPS) is 12.7. The van der Waals surface area contributed by atoms with Gasteiger partial charge in [-0.25, -0.2) is 0 Å². The summed E-state index contributed by atoms with van der Waals surface area (Å²) < 4.78 is 4.16. The molecule has 7 heavy (non-hydrogen) atoms. The van der Waals surface area contributed by atoms with Gasteiger partial charge in [-0.1, -0.05) is 6.92 Å². The number of nitriles is 1. The molecule has 0 radical (unpaired) electrons. The molecule has 0 N–H and O–H groups in total. The van der Waals surface area contributed by atoms with Crippen LogP contribution in [0, 0.1) is 11.3 Å². The van der Waals surface area contributed by atoms with Crippen molar-refractivity contribution in [2.24, 2.45) is 0 Å². The Morgan fingerprint density at radius 3 is 2.57 bits per heavy atom. The molecule has 3 heteroatoms. The quantitative estimate of drug-likeness (QED) is 0.551. The van der Waals surface area contributed by atoms with Crippen molar-refractivity contribution in [3.63, 3.8) is 0 Å². The Morgan fingerprint density at radius 2 is 2.57 bits per heavy atom. The number of hydrogen-bond donors (Lipinski definition) is 0. The second-order valence-corrected chi connectivity index (χ2v) is 1.29. The fourth-order valence-corrected chi connectivity index (χ4v) is 0.340. The highest BCUT2D eigenvalue weighted by molar-refractivity contribution is 6.07. The Hall–Kier alpha value is -0.260. The fourth-order valence-electron chi connectivity index (χ4n) is 0.174. The van der Waals surface area contributed by atoms with Gasteiger partial charge in [-0.3, -0.25) is 4.29 Å². The van der Waals surface area contributed by atoms with Gasteiger partial charge in [0.05, 0.1) is 17.9 Å². The van der Waals surface area contributed by atoms with E-state index in [-0.39, 0.29) is 0 Å². The molecule has 0 aliphatic heterocycles. The zero-order chi connectivity index (χ0) is 5.70. The molecule has 0 aromatic carbocycles. The summed E-state index contributed by atoms with van der Waals surface area (Å²) in [6.07, 6.45) is 0.196. The van der Waals surface area contributed by atoms with Crippen LogP contribution < -0.4 is 0 Å². The number of nitrogens with zero attached hydrogens (tertiary/aromatic N) is 1. The first-order valence-electron chi connectivity index (χ1n) is 2.02. The summed E-state index contributed by atoms with van der Waals surface area (Å²) in [6, 6.07) is 1.85. The SMILES string of the molecule is CCC(C#N)OCl. The predicted octanol–water partition coefficient (Wildman–Crippen LogP) is 1.46. The first kappa shape index (κ1) is 6.74. The van der Waals surface area contributed by atoms with Crippen molar-refractivity contribution in [1.82, 2.24) is 0 Å². The molecule has 0 saturated carbocycles. The van der Waals surface area contributed by atoms with Crippen LogP contribution in [-0.4, -0.2) is 6.10 Å². The Kier molecular flexibility index (Phi) is 3.77. The van der Waals surface area contributed by atoms with E-state index in [0.717, 1.165) is 0 Å². The molecule has 0 bridgehead atoms. The van der Waals surface area contributed by atoms with E-state index in [9.17, 15) is 0 Å². The summed E-state index contributed by atoms with van der Waals surface area (Å²) in [5, 5.41) is 8.07. The molecule has 0 heterocycles. The molecular weight excluding hydrogens is 114 g/mol. The Labute approximate surface area is 47.8 Å². The van der Waals surface area contributed by atoms with Crippen LogP contribution in [0.3, 0.4) is 0 Å². The third kappa shape index (κ3) is 2.44. The summed E-state index contributed by atoms with van der Waals surface area (Å²) in [4.78, 5) is 0. The van der Waals surface area contributed by atoms with Crippen molar-refractivity contribution in [2.75, 3.05) is 0 Å². The first-order chi connectivity index (χ1) is 3.35. The van der Waals surface area contributed by atoms with Gasteiger partial charge in [-0.15, -0.1) is 0 Å². The molecule has 1 atom stereocenters. The van der Waals surface area contributed by atoms with Crippen LogP contribution in [0.15, 0.2) is 0 Å². The van der Waals surface area contributed by atoms with Gasteiger partial charge in [0.15, 0.2) is 6.10 Å². The van der Waals surface area contributed by atoms with E-state index in [1.165, 1.54) is 0 Å². The van der Waals surface area contributed by atoms with Gasteiger partial charge in [-0.05, 0) is 6.42 Å². The molecule has 0 aromatic rings. The predicted molar refractivity (Wildman–Crippen MR) is 26.6 cm³/mol. The minimum Gasteiger partial charge on any atom is -0.261 e. The van der Waals surface area contributed by atoms with Gasteiger partial charge in [0, 0.05) is 0 Å². The van der Waals surface area contributed by atoms with E-state index in [4.69, 9.17) is 17.1 Å². The van der Waals surface area contributed by atoms with E-state index >= 15 is 0 Å². The van der Waals surface area contributed by atoms with E-state index < -0.39 is 6.10 Å². The molecule has 0 rings (SSSR count). The number of halogens is 1. The second kappa shape index (κ2) is 3.91. The lowest BCUT2D eigenvalue weighted by Crippen LogP contribution is -1.99. The van der Waals surface area contributed by atoms with E-state index in [1.54, 1.807) is 0 Å². The first-order valence-corrected chi connectivity index (χ1v) is 2.33. The zero-order valence-corrected chi connectivity index (χ0v) is 4.77. The molecule has 2 nitrogen and oxygen atoms in total. The van der Waals surface area contributed by atoms with Crippen molar-refractivity contribution < 1.29 is 4.29 Å². The van der Waals surface area contributed by atoms with Gasteiger partial charge in [0.2, 0.25) is 0 Å². The summed E-state index contributed by atoms with van der Waals surface area (Å²) in [6.45, 7) is 1.83. The maximum absolute atomic E-state index is 8.07. The molecule has 1 unspecified atom stereocenters. The summed E-state index contributed by atoms with van der Waals surface area (Å²) in [5.74, 6) is 0. The van der Waals surface area contributed by atoms with Crippen LogP contribution in [0.5, 0.6) is 0 Å². The molecule has 0 aliphatic rings. The van der Waals surface area contributed by atoms with Gasteiger partial charge >= 0.3 is 0 Å². The summed E-state index contributed by atoms with van der Waals surface area (Å²) in [5.41, 5.74) is 0. The maximum atomic E-state index is 8.07. The van der Waals surface area contributed by atoms with Crippen LogP contribution in [0.25, 0.3) is 0 Å². The molecule has 0 aliphatic carbocycles. The van der Waals surface area contributed by atoms with Crippen LogP contribution in [0.2, 0.25) is 0 Å². The van der Waals surface area contributed by atoms with E-state index in [1.807, 2.05) is 13.0 Å². The van der Waals surface area contributed by atoms with Crippen molar-refractivity contribution >= 4 is 11.9 Å². The van der Waals surface area contributed by atoms with Gasteiger partial charge in [0.1, 0.15) is 0 Å². The molecular formula is C4H6ClNO. The van der Waals surface area contributed by atoms with Gasteiger partial charge in [0.25, 0.3) is 0 Å². The minimum absolute atomic E-state index is 0.443. The molecule has 0 saturated heterocycles. The Morgan fingerprint density at radius 1 is 2.00 bits per heavy atom. The highest BCUT2D eigenvalue weighted by Crippen LogP contribution is 1.96. The average Bonchev–Trinajstić information content (AvgIpc) is 1.72. The zero-order valence-electron chi connectivity index (χ0n) is 4.02. The third-order valence-electron chi connectivity index (χ3n) is 0.622. The van der Waals surface area contributed by atoms with Crippen molar-refractivity contribution in [3.8, 4) is 6.07 Å². The maximum Gasteiger partial charge on any atom is 0.165 e. The van der Waals surface area contributed by atoms with Crippen LogP contribution >= 0.6 is 11.9 Å². The average molecular weight is 120 g/mol. The highest BCUT2D eigenvalue weighted by atomic mass is 35.5. The highest BCUT2D eigenvalue weighted by Gasteiger charge is 1.99. The lowest BCUT2D eigenvalue weighted by molar-refractivity contribution is 0.279. The summed E-state index contributed by atoms with van der Waals surface area (Å²) in [7, 11) is 0. The Balaban J connectivity index is 3.23. The lowest BCUT2D eigenvalue weighted by atomic mass is 10.3.